The molecule has 5 nitrogen and oxygen atoms in total. The van der Waals surface area contributed by atoms with Gasteiger partial charge in [-0.25, -0.2) is 4.39 Å². The lowest BCUT2D eigenvalue weighted by Crippen LogP contribution is -2.50. The highest BCUT2D eigenvalue weighted by molar-refractivity contribution is 5.95. The molecule has 3 N–H and O–H groups in total. The molecule has 1 unspecified atom stereocenters. The molecule has 0 bridgehead atoms. The first-order valence-electron chi connectivity index (χ1n) is 11.7. The number of nitrogens with two attached hydrogens (primary N) is 1. The largest absolute Gasteiger partial charge is 0.421 e. The van der Waals surface area contributed by atoms with E-state index in [0.29, 0.717) is 19.8 Å². The van der Waals surface area contributed by atoms with Crippen LogP contribution in [0.4, 0.5) is 17.6 Å². The molecule has 2 aromatic rings. The highest BCUT2D eigenvalue weighted by Crippen LogP contribution is 2.44. The van der Waals surface area contributed by atoms with Gasteiger partial charge in [0.1, 0.15) is 5.82 Å². The summed E-state index contributed by atoms with van der Waals surface area (Å²) in [5.41, 5.74) is 1.70. The molecule has 4 rings (SSSR count). The molecular formula is C26H28F4N2O3. The number of carbonyl (C=O) groups is 2. The standard InChI is InChI=1S/C26H28F4N2O3/c1-24(35,26(28,29)30)17-8-6-16(7-9-17)22(33)32(18-10-11-18)19-12-14-25(15-13-19,23(31)34)20-4-2-3-5-21(20)27/h2-9,18-19,35H,10-15H2,1H3,(H2,31,34). The van der Waals surface area contributed by atoms with Crippen LogP contribution in [0, 0.1) is 5.82 Å². The number of amides is 2. The molecule has 2 aromatic carbocycles. The zero-order valence-electron chi connectivity index (χ0n) is 19.3. The van der Waals surface area contributed by atoms with Crippen LogP contribution in [0.3, 0.4) is 0 Å². The maximum absolute atomic E-state index is 14.6. The average molecular weight is 493 g/mol. The van der Waals surface area contributed by atoms with Crippen molar-refractivity contribution in [3.63, 3.8) is 0 Å². The number of rotatable bonds is 6. The maximum atomic E-state index is 14.6. The van der Waals surface area contributed by atoms with Gasteiger partial charge in [-0.15, -0.1) is 0 Å². The number of hydrogen-bond donors (Lipinski definition) is 2. The zero-order chi connectivity index (χ0) is 25.6. The minimum atomic E-state index is -4.86. The molecule has 0 heterocycles. The molecule has 2 fully saturated rings. The number of carbonyl (C=O) groups excluding carboxylic acids is 2. The average Bonchev–Trinajstić information content (AvgIpc) is 3.64. The minimum absolute atomic E-state index is 0.0139. The van der Waals surface area contributed by atoms with E-state index in [1.165, 1.54) is 18.2 Å². The second-order valence-electron chi connectivity index (χ2n) is 9.75. The summed E-state index contributed by atoms with van der Waals surface area (Å²) >= 11 is 0. The van der Waals surface area contributed by atoms with Crippen molar-refractivity contribution in [2.24, 2.45) is 5.73 Å². The summed E-state index contributed by atoms with van der Waals surface area (Å²) in [5, 5.41) is 9.89. The number of benzene rings is 2. The Morgan fingerprint density at radius 2 is 1.51 bits per heavy atom. The molecule has 0 saturated heterocycles. The van der Waals surface area contributed by atoms with E-state index in [4.69, 9.17) is 5.73 Å². The molecule has 0 aliphatic heterocycles. The van der Waals surface area contributed by atoms with E-state index in [1.54, 1.807) is 23.1 Å². The summed E-state index contributed by atoms with van der Waals surface area (Å²) in [4.78, 5) is 27.6. The first-order chi connectivity index (χ1) is 16.4. The Balaban J connectivity index is 1.54. The minimum Gasteiger partial charge on any atom is -0.376 e. The highest BCUT2D eigenvalue weighted by Gasteiger charge is 2.51. The van der Waals surface area contributed by atoms with Crippen molar-refractivity contribution < 1.29 is 32.3 Å². The van der Waals surface area contributed by atoms with Crippen molar-refractivity contribution in [2.45, 2.75) is 74.7 Å². The maximum Gasteiger partial charge on any atom is 0.421 e. The lowest BCUT2D eigenvalue weighted by molar-refractivity contribution is -0.258. The molecule has 0 aromatic heterocycles. The molecule has 35 heavy (non-hydrogen) atoms. The first kappa shape index (κ1) is 25.2. The van der Waals surface area contributed by atoms with Crippen LogP contribution in [0.2, 0.25) is 0 Å². The van der Waals surface area contributed by atoms with Gasteiger partial charge in [0.2, 0.25) is 5.91 Å². The van der Waals surface area contributed by atoms with Crippen molar-refractivity contribution in [1.29, 1.82) is 0 Å². The van der Waals surface area contributed by atoms with Crippen LogP contribution in [0.1, 0.15) is 66.9 Å². The summed E-state index contributed by atoms with van der Waals surface area (Å²) in [6.07, 6.45) is -1.75. The summed E-state index contributed by atoms with van der Waals surface area (Å²) in [6.45, 7) is 0.670. The van der Waals surface area contributed by atoms with Gasteiger partial charge in [0.05, 0.1) is 5.41 Å². The number of halogens is 4. The van der Waals surface area contributed by atoms with Gasteiger partial charge in [-0.2, -0.15) is 13.2 Å². The van der Waals surface area contributed by atoms with E-state index < -0.39 is 28.9 Å². The van der Waals surface area contributed by atoms with Gasteiger partial charge < -0.3 is 15.7 Å². The van der Waals surface area contributed by atoms with E-state index in [0.717, 1.165) is 25.0 Å². The molecule has 0 radical (unpaired) electrons. The fourth-order valence-corrected chi connectivity index (χ4v) is 5.10. The van der Waals surface area contributed by atoms with Gasteiger partial charge in [0.15, 0.2) is 5.60 Å². The van der Waals surface area contributed by atoms with Crippen LogP contribution in [-0.4, -0.2) is 40.1 Å². The molecular weight excluding hydrogens is 464 g/mol. The number of nitrogens with zero attached hydrogens (tertiary/aromatic N) is 1. The summed E-state index contributed by atoms with van der Waals surface area (Å²) in [5.74, 6) is -1.40. The second-order valence-corrected chi connectivity index (χ2v) is 9.75. The number of aliphatic hydroxyl groups is 1. The number of primary amides is 1. The summed E-state index contributed by atoms with van der Waals surface area (Å²) < 4.78 is 54.0. The molecule has 0 spiro atoms. The van der Waals surface area contributed by atoms with Crippen LogP contribution < -0.4 is 5.73 Å². The van der Waals surface area contributed by atoms with E-state index in [1.807, 2.05) is 0 Å². The third-order valence-corrected chi connectivity index (χ3v) is 7.48. The van der Waals surface area contributed by atoms with Gasteiger partial charge in [0.25, 0.3) is 5.91 Å². The number of alkyl halides is 3. The van der Waals surface area contributed by atoms with Crippen LogP contribution >= 0.6 is 0 Å². The Bertz CT molecular complexity index is 1100. The highest BCUT2D eigenvalue weighted by atomic mass is 19.4. The van der Waals surface area contributed by atoms with Crippen molar-refractivity contribution in [3.8, 4) is 0 Å². The van der Waals surface area contributed by atoms with Gasteiger partial charge >= 0.3 is 6.18 Å². The van der Waals surface area contributed by atoms with Crippen LogP contribution in [0.5, 0.6) is 0 Å². The third kappa shape index (κ3) is 4.53. The smallest absolute Gasteiger partial charge is 0.376 e. The summed E-state index contributed by atoms with van der Waals surface area (Å²) in [6, 6.07) is 10.7. The summed E-state index contributed by atoms with van der Waals surface area (Å²) in [7, 11) is 0. The Kier molecular flexibility index (Phi) is 6.42. The fourth-order valence-electron chi connectivity index (χ4n) is 5.10. The third-order valence-electron chi connectivity index (χ3n) is 7.48. The normalized spacial score (nSPS) is 24.5. The van der Waals surface area contributed by atoms with E-state index in [-0.39, 0.29) is 47.5 Å². The molecule has 1 atom stereocenters. The lowest BCUT2D eigenvalue weighted by Gasteiger charge is -2.42. The van der Waals surface area contributed by atoms with E-state index in [9.17, 15) is 32.3 Å². The molecule has 188 valence electrons. The predicted molar refractivity (Wildman–Crippen MR) is 121 cm³/mol. The van der Waals surface area contributed by atoms with Crippen molar-refractivity contribution >= 4 is 11.8 Å². The molecule has 2 aliphatic carbocycles. The van der Waals surface area contributed by atoms with Crippen LogP contribution in [-0.2, 0) is 15.8 Å². The fraction of sp³-hybridized carbons (Fsp3) is 0.462. The Hall–Kier alpha value is -2.94. The molecule has 9 heteroatoms. The lowest BCUT2D eigenvalue weighted by atomic mass is 9.67. The van der Waals surface area contributed by atoms with Gasteiger partial charge in [-0.05, 0) is 69.2 Å². The Morgan fingerprint density at radius 3 is 2.00 bits per heavy atom. The number of hydrogen-bond acceptors (Lipinski definition) is 3. The monoisotopic (exact) mass is 492 g/mol. The first-order valence-corrected chi connectivity index (χ1v) is 11.7. The van der Waals surface area contributed by atoms with Crippen molar-refractivity contribution in [2.75, 3.05) is 0 Å². The van der Waals surface area contributed by atoms with E-state index >= 15 is 0 Å². The molecule has 2 amide bonds. The second kappa shape index (κ2) is 8.93. The van der Waals surface area contributed by atoms with E-state index in [2.05, 4.69) is 0 Å². The van der Waals surface area contributed by atoms with Crippen molar-refractivity contribution in [1.82, 2.24) is 4.90 Å². The molecule has 2 aliphatic rings. The zero-order valence-corrected chi connectivity index (χ0v) is 19.3. The van der Waals surface area contributed by atoms with Crippen LogP contribution in [0.15, 0.2) is 48.5 Å². The predicted octanol–water partition coefficient (Wildman–Crippen LogP) is 4.57. The molecule has 2 saturated carbocycles. The topological polar surface area (TPSA) is 83.6 Å². The SMILES string of the molecule is CC(O)(c1ccc(C(=O)N(C2CC2)C2CCC(C(N)=O)(c3ccccc3F)CC2)cc1)C(F)(F)F. The van der Waals surface area contributed by atoms with Gasteiger partial charge in [-0.1, -0.05) is 30.3 Å². The van der Waals surface area contributed by atoms with Gasteiger partial charge in [-0.3, -0.25) is 9.59 Å². The quantitative estimate of drug-likeness (QED) is 0.580. The van der Waals surface area contributed by atoms with Gasteiger partial charge in [0, 0.05) is 23.2 Å². The van der Waals surface area contributed by atoms with Crippen molar-refractivity contribution in [3.05, 3.63) is 71.0 Å². The Labute approximate surface area is 200 Å². The van der Waals surface area contributed by atoms with Crippen LogP contribution in [0.25, 0.3) is 0 Å². The Morgan fingerprint density at radius 1 is 0.971 bits per heavy atom.